The first-order valence-electron chi connectivity index (χ1n) is 8.84. The third-order valence-electron chi connectivity index (χ3n) is 3.79. The molecule has 0 aliphatic heterocycles. The maximum Gasteiger partial charge on any atom is 0.331 e. The number of carbonyl (C=O) groups excluding carboxylic acids is 1. The lowest BCUT2D eigenvalue weighted by molar-refractivity contribution is -0.139. The summed E-state index contributed by atoms with van der Waals surface area (Å²) >= 11 is 6.20. The molecule has 29 heavy (non-hydrogen) atoms. The normalized spacial score (nSPS) is 10.9. The van der Waals surface area contributed by atoms with Crippen molar-refractivity contribution in [3.05, 3.63) is 65.0 Å². The van der Waals surface area contributed by atoms with Crippen LogP contribution in [0.15, 0.2) is 53.1 Å². The van der Waals surface area contributed by atoms with Gasteiger partial charge in [0.25, 0.3) is 5.89 Å². The third-order valence-corrected chi connectivity index (χ3v) is 4.07. The van der Waals surface area contributed by atoms with Gasteiger partial charge in [-0.15, -0.1) is 0 Å². The fourth-order valence-electron chi connectivity index (χ4n) is 2.51. The van der Waals surface area contributed by atoms with Gasteiger partial charge < -0.3 is 18.7 Å². The number of methoxy groups -OCH3 is 1. The highest BCUT2D eigenvalue weighted by Gasteiger charge is 2.12. The van der Waals surface area contributed by atoms with Gasteiger partial charge in [0.1, 0.15) is 0 Å². The number of esters is 1. The minimum atomic E-state index is -0.561. The first-order valence-corrected chi connectivity index (χ1v) is 9.21. The summed E-state index contributed by atoms with van der Waals surface area (Å²) in [5.74, 6) is 1.02. The van der Waals surface area contributed by atoms with Gasteiger partial charge in [0, 0.05) is 11.6 Å². The molecule has 0 unspecified atom stereocenters. The molecule has 0 fully saturated rings. The Bertz CT molecular complexity index is 1000. The van der Waals surface area contributed by atoms with E-state index >= 15 is 0 Å². The zero-order valence-electron chi connectivity index (χ0n) is 15.9. The molecule has 0 bridgehead atoms. The first-order chi connectivity index (χ1) is 14.1. The van der Waals surface area contributed by atoms with Gasteiger partial charge in [0.2, 0.25) is 5.82 Å². The summed E-state index contributed by atoms with van der Waals surface area (Å²) in [5, 5.41) is 4.26. The van der Waals surface area contributed by atoms with Crippen LogP contribution in [0.3, 0.4) is 0 Å². The fraction of sp³-hybridized carbons (Fsp3) is 0.190. The molecule has 0 saturated heterocycles. The lowest BCUT2D eigenvalue weighted by Gasteiger charge is -2.11. The van der Waals surface area contributed by atoms with Crippen molar-refractivity contribution in [3.8, 4) is 22.9 Å². The predicted octanol–water partition coefficient (Wildman–Crippen LogP) is 4.55. The quantitative estimate of drug-likeness (QED) is 0.394. The van der Waals surface area contributed by atoms with Crippen molar-refractivity contribution < 1.29 is 23.5 Å². The van der Waals surface area contributed by atoms with Crippen LogP contribution in [0, 0.1) is 0 Å². The van der Waals surface area contributed by atoms with Crippen LogP contribution in [0.4, 0.5) is 0 Å². The van der Waals surface area contributed by atoms with E-state index in [1.807, 2.05) is 37.3 Å². The van der Waals surface area contributed by atoms with Gasteiger partial charge in [0.05, 0.1) is 18.7 Å². The number of carbonyl (C=O) groups is 1. The van der Waals surface area contributed by atoms with Gasteiger partial charge in [-0.2, -0.15) is 4.98 Å². The van der Waals surface area contributed by atoms with Crippen LogP contribution in [0.5, 0.6) is 11.5 Å². The molecule has 0 saturated carbocycles. The van der Waals surface area contributed by atoms with Crippen molar-refractivity contribution >= 4 is 23.6 Å². The summed E-state index contributed by atoms with van der Waals surface area (Å²) in [5.41, 5.74) is 1.48. The van der Waals surface area contributed by atoms with E-state index in [0.717, 1.165) is 5.56 Å². The first kappa shape index (κ1) is 20.4. The van der Waals surface area contributed by atoms with Gasteiger partial charge in [-0.25, -0.2) is 4.79 Å². The zero-order chi connectivity index (χ0) is 20.6. The van der Waals surface area contributed by atoms with E-state index in [4.69, 9.17) is 30.3 Å². The summed E-state index contributed by atoms with van der Waals surface area (Å²) in [6.45, 7) is 2.18. The summed E-state index contributed by atoms with van der Waals surface area (Å²) in [6.07, 6.45) is 2.85. The highest BCUT2D eigenvalue weighted by molar-refractivity contribution is 6.32. The third kappa shape index (κ3) is 5.36. The van der Waals surface area contributed by atoms with E-state index < -0.39 is 5.97 Å². The molecule has 0 N–H and O–H groups in total. The van der Waals surface area contributed by atoms with Crippen molar-refractivity contribution in [1.29, 1.82) is 0 Å². The standard InChI is InChI=1S/C21H19ClN2O5/c1-3-27-17-12-14(11-16(22)20(17)26-2)9-10-19(25)28-13-18-23-21(24-29-18)15-7-5-4-6-8-15/h4-12H,3,13H2,1-2H3/b10-9+. The molecule has 8 heteroatoms. The Balaban J connectivity index is 1.61. The Kier molecular flexibility index (Phi) is 6.86. The molecule has 1 aromatic heterocycles. The molecule has 2 aromatic carbocycles. The Morgan fingerprint density at radius 1 is 1.24 bits per heavy atom. The Morgan fingerprint density at radius 3 is 2.76 bits per heavy atom. The number of benzene rings is 2. The van der Waals surface area contributed by atoms with Crippen LogP contribution >= 0.6 is 11.6 Å². The smallest absolute Gasteiger partial charge is 0.331 e. The van der Waals surface area contributed by atoms with Crippen LogP contribution in [0.1, 0.15) is 18.4 Å². The monoisotopic (exact) mass is 414 g/mol. The molecule has 0 spiro atoms. The van der Waals surface area contributed by atoms with E-state index in [0.29, 0.717) is 34.5 Å². The number of nitrogens with zero attached hydrogens (tertiary/aromatic N) is 2. The Labute approximate surface area is 172 Å². The lowest BCUT2D eigenvalue weighted by atomic mass is 10.2. The van der Waals surface area contributed by atoms with Crippen LogP contribution in [-0.2, 0) is 16.1 Å². The molecule has 0 amide bonds. The number of hydrogen-bond acceptors (Lipinski definition) is 7. The molecular weight excluding hydrogens is 396 g/mol. The molecule has 3 aromatic rings. The maximum absolute atomic E-state index is 12.0. The van der Waals surface area contributed by atoms with Crippen molar-refractivity contribution in [2.45, 2.75) is 13.5 Å². The second kappa shape index (κ2) is 9.75. The van der Waals surface area contributed by atoms with Gasteiger partial charge in [-0.05, 0) is 30.7 Å². The Hall–Kier alpha value is -3.32. The molecule has 1 heterocycles. The summed E-state index contributed by atoms with van der Waals surface area (Å²) in [6, 6.07) is 12.8. The van der Waals surface area contributed by atoms with Crippen molar-refractivity contribution in [2.24, 2.45) is 0 Å². The highest BCUT2D eigenvalue weighted by Crippen LogP contribution is 2.36. The summed E-state index contributed by atoms with van der Waals surface area (Å²) < 4.78 is 21.0. The van der Waals surface area contributed by atoms with Crippen molar-refractivity contribution in [1.82, 2.24) is 10.1 Å². The van der Waals surface area contributed by atoms with E-state index in [9.17, 15) is 4.79 Å². The largest absolute Gasteiger partial charge is 0.491 e. The number of halogens is 1. The predicted molar refractivity (Wildman–Crippen MR) is 108 cm³/mol. The zero-order valence-corrected chi connectivity index (χ0v) is 16.7. The molecule has 150 valence electrons. The minimum absolute atomic E-state index is 0.128. The van der Waals surface area contributed by atoms with Gasteiger partial charge in [-0.3, -0.25) is 0 Å². The number of aromatic nitrogens is 2. The Morgan fingerprint density at radius 2 is 2.03 bits per heavy atom. The van der Waals surface area contributed by atoms with Gasteiger partial charge in [0.15, 0.2) is 18.1 Å². The minimum Gasteiger partial charge on any atom is -0.491 e. The van der Waals surface area contributed by atoms with Crippen LogP contribution in [0.25, 0.3) is 17.5 Å². The van der Waals surface area contributed by atoms with Crippen LogP contribution in [-0.4, -0.2) is 29.8 Å². The lowest BCUT2D eigenvalue weighted by Crippen LogP contribution is -2.01. The van der Waals surface area contributed by atoms with Gasteiger partial charge in [-0.1, -0.05) is 47.1 Å². The topological polar surface area (TPSA) is 83.7 Å². The summed E-state index contributed by atoms with van der Waals surface area (Å²) in [7, 11) is 1.51. The van der Waals surface area contributed by atoms with Crippen molar-refractivity contribution in [3.63, 3.8) is 0 Å². The van der Waals surface area contributed by atoms with E-state index in [2.05, 4.69) is 10.1 Å². The molecule has 7 nitrogen and oxygen atoms in total. The summed E-state index contributed by atoms with van der Waals surface area (Å²) in [4.78, 5) is 16.2. The molecule has 0 atom stereocenters. The van der Waals surface area contributed by atoms with E-state index in [-0.39, 0.29) is 12.5 Å². The second-order valence-electron chi connectivity index (χ2n) is 5.79. The average Bonchev–Trinajstić information content (AvgIpc) is 3.21. The molecule has 0 aliphatic rings. The number of ether oxygens (including phenoxy) is 3. The van der Waals surface area contributed by atoms with Crippen LogP contribution < -0.4 is 9.47 Å². The molecule has 3 rings (SSSR count). The number of hydrogen-bond donors (Lipinski definition) is 0. The fourth-order valence-corrected chi connectivity index (χ4v) is 2.80. The van der Waals surface area contributed by atoms with E-state index in [1.165, 1.54) is 13.2 Å². The molecule has 0 radical (unpaired) electrons. The van der Waals surface area contributed by atoms with Crippen LogP contribution in [0.2, 0.25) is 5.02 Å². The molecular formula is C21H19ClN2O5. The number of rotatable bonds is 8. The van der Waals surface area contributed by atoms with E-state index in [1.54, 1.807) is 18.2 Å². The van der Waals surface area contributed by atoms with Crippen molar-refractivity contribution in [2.75, 3.05) is 13.7 Å². The molecule has 0 aliphatic carbocycles. The highest BCUT2D eigenvalue weighted by atomic mass is 35.5. The van der Waals surface area contributed by atoms with Gasteiger partial charge >= 0.3 is 5.97 Å². The second-order valence-corrected chi connectivity index (χ2v) is 6.19. The maximum atomic E-state index is 12.0. The average molecular weight is 415 g/mol. The SMILES string of the molecule is CCOc1cc(/C=C/C(=O)OCc2nc(-c3ccccc3)no2)cc(Cl)c1OC.